The van der Waals surface area contributed by atoms with Gasteiger partial charge in [-0.05, 0) is 52.0 Å². The molecule has 1 fully saturated rings. The SMILES string of the molecule is CCOC(=O)[C@H]1CCCN(C(=O)CC2=CSC3=NC(C)=C(C(=O)OC(C)C)[C@@H](c4ccccc4OC)N23)C1. The number of likely N-dealkylation sites (tertiary alicyclic amines) is 1. The zero-order valence-electron chi connectivity index (χ0n) is 22.6. The van der Waals surface area contributed by atoms with Crippen LogP contribution in [0.1, 0.15) is 58.6 Å². The Kier molecular flexibility index (Phi) is 8.81. The fourth-order valence-corrected chi connectivity index (χ4v) is 5.98. The van der Waals surface area contributed by atoms with Crippen LogP contribution in [0, 0.1) is 5.92 Å². The fourth-order valence-electron chi connectivity index (χ4n) is 5.02. The molecule has 0 radical (unpaired) electrons. The molecule has 0 bridgehead atoms. The van der Waals surface area contributed by atoms with Gasteiger partial charge >= 0.3 is 11.9 Å². The lowest BCUT2D eigenvalue weighted by molar-refractivity contribution is -0.151. The smallest absolute Gasteiger partial charge is 0.338 e. The number of thioether (sulfide) groups is 1. The summed E-state index contributed by atoms with van der Waals surface area (Å²) in [5.74, 6) is -0.472. The molecule has 3 aliphatic heterocycles. The molecule has 0 spiro atoms. The van der Waals surface area contributed by atoms with E-state index in [4.69, 9.17) is 19.2 Å². The van der Waals surface area contributed by atoms with E-state index in [1.807, 2.05) is 34.6 Å². The van der Waals surface area contributed by atoms with Crippen LogP contribution in [0.4, 0.5) is 0 Å². The second-order valence-electron chi connectivity index (χ2n) is 9.70. The molecule has 1 saturated heterocycles. The highest BCUT2D eigenvalue weighted by Crippen LogP contribution is 2.47. The number of carbonyl (C=O) groups excluding carboxylic acids is 3. The van der Waals surface area contributed by atoms with Gasteiger partial charge in [0.1, 0.15) is 5.75 Å². The predicted molar refractivity (Wildman–Crippen MR) is 145 cm³/mol. The van der Waals surface area contributed by atoms with Gasteiger partial charge in [0, 0.05) is 24.4 Å². The summed E-state index contributed by atoms with van der Waals surface area (Å²) < 4.78 is 16.5. The summed E-state index contributed by atoms with van der Waals surface area (Å²) in [7, 11) is 1.59. The van der Waals surface area contributed by atoms with E-state index in [9.17, 15) is 14.4 Å². The number of methoxy groups -OCH3 is 1. The molecule has 38 heavy (non-hydrogen) atoms. The molecule has 0 aromatic heterocycles. The van der Waals surface area contributed by atoms with E-state index in [2.05, 4.69) is 0 Å². The van der Waals surface area contributed by atoms with Gasteiger partial charge in [-0.3, -0.25) is 9.59 Å². The Morgan fingerprint density at radius 2 is 1.97 bits per heavy atom. The van der Waals surface area contributed by atoms with E-state index >= 15 is 0 Å². The van der Waals surface area contributed by atoms with Crippen molar-refractivity contribution in [1.82, 2.24) is 9.80 Å². The van der Waals surface area contributed by atoms with Crippen LogP contribution in [0.25, 0.3) is 0 Å². The number of benzene rings is 1. The Morgan fingerprint density at radius 3 is 2.68 bits per heavy atom. The first-order chi connectivity index (χ1) is 18.2. The fraction of sp³-hybridized carbons (Fsp3) is 0.500. The summed E-state index contributed by atoms with van der Waals surface area (Å²) in [6.07, 6.45) is 1.27. The van der Waals surface area contributed by atoms with Gasteiger partial charge in [-0.1, -0.05) is 30.0 Å². The van der Waals surface area contributed by atoms with Crippen molar-refractivity contribution in [2.45, 2.75) is 59.1 Å². The maximum atomic E-state index is 13.5. The first-order valence-electron chi connectivity index (χ1n) is 13.0. The molecule has 2 atom stereocenters. The van der Waals surface area contributed by atoms with Gasteiger partial charge < -0.3 is 24.0 Å². The van der Waals surface area contributed by atoms with E-state index in [0.29, 0.717) is 48.3 Å². The summed E-state index contributed by atoms with van der Waals surface area (Å²) >= 11 is 1.42. The minimum absolute atomic E-state index is 0.0801. The molecule has 1 aromatic rings. The van der Waals surface area contributed by atoms with Crippen LogP contribution < -0.4 is 4.74 Å². The van der Waals surface area contributed by atoms with Gasteiger partial charge in [-0.25, -0.2) is 9.79 Å². The van der Waals surface area contributed by atoms with Crippen LogP contribution in [-0.4, -0.2) is 65.7 Å². The molecule has 1 amide bonds. The summed E-state index contributed by atoms with van der Waals surface area (Å²) in [6, 6.07) is 6.96. The lowest BCUT2D eigenvalue weighted by Crippen LogP contribution is -2.44. The van der Waals surface area contributed by atoms with Crippen molar-refractivity contribution in [3.63, 3.8) is 0 Å². The molecule has 10 heteroatoms. The summed E-state index contributed by atoms with van der Waals surface area (Å²) in [4.78, 5) is 47.5. The molecule has 4 rings (SSSR count). The Labute approximate surface area is 227 Å². The number of carbonyl (C=O) groups is 3. The van der Waals surface area contributed by atoms with Gasteiger partial charge in [0.05, 0.1) is 49.5 Å². The number of aliphatic imine (C=N–C) groups is 1. The second kappa shape index (κ2) is 12.1. The van der Waals surface area contributed by atoms with E-state index in [0.717, 1.165) is 17.7 Å². The van der Waals surface area contributed by atoms with Gasteiger partial charge in [-0.15, -0.1) is 0 Å². The Balaban J connectivity index is 1.64. The molecule has 0 unspecified atom stereocenters. The highest BCUT2D eigenvalue weighted by atomic mass is 32.2. The summed E-state index contributed by atoms with van der Waals surface area (Å²) in [5, 5.41) is 2.60. The molecular formula is C28H35N3O6S. The molecule has 3 heterocycles. The van der Waals surface area contributed by atoms with Crippen molar-refractivity contribution >= 4 is 34.8 Å². The number of hydrogen-bond acceptors (Lipinski definition) is 9. The molecule has 0 N–H and O–H groups in total. The van der Waals surface area contributed by atoms with Crippen molar-refractivity contribution in [2.24, 2.45) is 10.9 Å². The van der Waals surface area contributed by atoms with Gasteiger partial charge in [0.15, 0.2) is 5.17 Å². The van der Waals surface area contributed by atoms with Gasteiger partial charge in [0.25, 0.3) is 0 Å². The normalized spacial score (nSPS) is 21.1. The van der Waals surface area contributed by atoms with Crippen LogP contribution >= 0.6 is 11.8 Å². The Bertz CT molecular complexity index is 1190. The molecule has 9 nitrogen and oxygen atoms in total. The highest BCUT2D eigenvalue weighted by Gasteiger charge is 2.43. The molecule has 0 aliphatic carbocycles. The number of fused-ring (bicyclic) bond motifs is 1. The topological polar surface area (TPSA) is 97.7 Å². The largest absolute Gasteiger partial charge is 0.496 e. The molecule has 0 saturated carbocycles. The van der Waals surface area contributed by atoms with Gasteiger partial charge in [0.2, 0.25) is 5.91 Å². The maximum absolute atomic E-state index is 13.5. The predicted octanol–water partition coefficient (Wildman–Crippen LogP) is 4.41. The van der Waals surface area contributed by atoms with E-state index in [-0.39, 0.29) is 30.3 Å². The highest BCUT2D eigenvalue weighted by molar-refractivity contribution is 8.16. The third kappa shape index (κ3) is 5.75. The van der Waals surface area contributed by atoms with E-state index in [1.165, 1.54) is 11.8 Å². The summed E-state index contributed by atoms with van der Waals surface area (Å²) in [5.41, 5.74) is 2.49. The third-order valence-corrected chi connectivity index (χ3v) is 7.61. The number of hydrogen-bond donors (Lipinski definition) is 0. The van der Waals surface area contributed by atoms with Crippen LogP contribution in [-0.2, 0) is 23.9 Å². The molecule has 1 aromatic carbocycles. The first kappa shape index (κ1) is 27.8. The maximum Gasteiger partial charge on any atom is 0.338 e. The Hall–Kier alpha value is -3.27. The lowest BCUT2D eigenvalue weighted by atomic mass is 9.93. The number of nitrogens with zero attached hydrogens (tertiary/aromatic N) is 3. The molecule has 204 valence electrons. The van der Waals surface area contributed by atoms with Crippen molar-refractivity contribution < 1.29 is 28.6 Å². The quantitative estimate of drug-likeness (QED) is 0.447. The van der Waals surface area contributed by atoms with Crippen molar-refractivity contribution in [3.8, 4) is 5.75 Å². The van der Waals surface area contributed by atoms with E-state index < -0.39 is 12.0 Å². The van der Waals surface area contributed by atoms with Crippen molar-refractivity contribution in [1.29, 1.82) is 0 Å². The Morgan fingerprint density at radius 1 is 1.21 bits per heavy atom. The average molecular weight is 542 g/mol. The number of esters is 2. The van der Waals surface area contributed by atoms with Gasteiger partial charge in [-0.2, -0.15) is 0 Å². The number of para-hydroxylation sites is 1. The number of piperidine rings is 1. The van der Waals surface area contributed by atoms with Crippen LogP contribution in [0.5, 0.6) is 5.75 Å². The zero-order chi connectivity index (χ0) is 27.4. The van der Waals surface area contributed by atoms with Crippen LogP contribution in [0.15, 0.2) is 51.6 Å². The lowest BCUT2D eigenvalue weighted by Gasteiger charge is -2.38. The minimum atomic E-state index is -0.576. The zero-order valence-corrected chi connectivity index (χ0v) is 23.4. The molecular weight excluding hydrogens is 506 g/mol. The standard InChI is InChI=1S/C28H35N3O6S/c1-6-36-26(33)19-10-9-13-30(15-19)23(32)14-20-16-38-28-29-18(4)24(27(34)37-17(2)3)25(31(20)28)21-11-7-8-12-22(21)35-5/h7-8,11-12,16-17,19,25H,6,9-10,13-15H2,1-5H3/t19-,25+/m0/s1. The summed E-state index contributed by atoms with van der Waals surface area (Å²) in [6.45, 7) is 8.46. The monoisotopic (exact) mass is 541 g/mol. The van der Waals surface area contributed by atoms with Crippen molar-refractivity contribution in [3.05, 3.63) is 52.2 Å². The minimum Gasteiger partial charge on any atom is -0.496 e. The number of allylic oxidation sites excluding steroid dienone is 1. The number of rotatable bonds is 8. The number of amidine groups is 1. The van der Waals surface area contributed by atoms with Crippen LogP contribution in [0.3, 0.4) is 0 Å². The van der Waals surface area contributed by atoms with Crippen LogP contribution in [0.2, 0.25) is 0 Å². The molecule has 3 aliphatic rings. The van der Waals surface area contributed by atoms with Crippen molar-refractivity contribution in [2.75, 3.05) is 26.8 Å². The van der Waals surface area contributed by atoms with E-state index in [1.54, 1.807) is 39.7 Å². The number of ether oxygens (including phenoxy) is 3. The third-order valence-electron chi connectivity index (χ3n) is 6.72. The number of amides is 1. The average Bonchev–Trinajstić information content (AvgIpc) is 3.29. The second-order valence-corrected chi connectivity index (χ2v) is 10.5. The first-order valence-corrected chi connectivity index (χ1v) is 13.9.